The minimum absolute atomic E-state index is 0.0457. The average molecular weight is 346 g/mol. The van der Waals surface area contributed by atoms with E-state index in [0.29, 0.717) is 12.0 Å². The number of aromatic carboxylic acids is 1. The number of alkyl halides is 3. The molecule has 1 aliphatic heterocycles. The lowest BCUT2D eigenvalue weighted by Gasteiger charge is -2.29. The summed E-state index contributed by atoms with van der Waals surface area (Å²) in [5.74, 6) is -1.08. The summed E-state index contributed by atoms with van der Waals surface area (Å²) in [6.07, 6.45) is -6.87. The van der Waals surface area contributed by atoms with Crippen LogP contribution in [0, 0.1) is 0 Å². The lowest BCUT2D eigenvalue weighted by atomic mass is 10.1. The second-order valence-electron chi connectivity index (χ2n) is 5.55. The van der Waals surface area contributed by atoms with Crippen LogP contribution < -0.4 is 5.32 Å². The summed E-state index contributed by atoms with van der Waals surface area (Å²) in [5, 5.41) is 20.6. The van der Waals surface area contributed by atoms with Gasteiger partial charge in [-0.15, -0.1) is 0 Å². The van der Waals surface area contributed by atoms with Gasteiger partial charge in [-0.2, -0.15) is 13.2 Å². The molecule has 132 valence electrons. The van der Waals surface area contributed by atoms with E-state index >= 15 is 0 Å². The number of aliphatic hydroxyl groups excluding tert-OH is 1. The van der Waals surface area contributed by atoms with Gasteiger partial charge in [0.2, 0.25) is 0 Å². The highest BCUT2D eigenvalue weighted by Crippen LogP contribution is 2.30. The lowest BCUT2D eigenvalue weighted by molar-refractivity contribution is -0.216. The van der Waals surface area contributed by atoms with E-state index in [9.17, 15) is 27.9 Å². The topological polar surface area (TPSA) is 89.9 Å². The fourth-order valence-corrected chi connectivity index (χ4v) is 2.64. The van der Waals surface area contributed by atoms with Gasteiger partial charge in [0.05, 0.1) is 11.6 Å². The molecule has 1 aromatic carbocycles. The van der Waals surface area contributed by atoms with Crippen LogP contribution in [0.4, 0.5) is 18.0 Å². The maximum absolute atomic E-state index is 12.6. The van der Waals surface area contributed by atoms with Crippen LogP contribution >= 0.6 is 0 Å². The van der Waals surface area contributed by atoms with Crippen molar-refractivity contribution in [3.05, 3.63) is 35.4 Å². The molecule has 1 aliphatic rings. The van der Waals surface area contributed by atoms with Crippen LogP contribution in [-0.4, -0.2) is 52.0 Å². The van der Waals surface area contributed by atoms with E-state index in [1.165, 1.54) is 24.3 Å². The number of carbonyl (C=O) groups is 2. The SMILES string of the molecule is O=C(O)c1ccc(CNC(=O)N2CCCC2C(O)C(F)(F)F)cc1. The molecular formula is C15H17F3N2O4. The summed E-state index contributed by atoms with van der Waals surface area (Å²) in [4.78, 5) is 23.8. The van der Waals surface area contributed by atoms with Gasteiger partial charge in [-0.25, -0.2) is 9.59 Å². The van der Waals surface area contributed by atoms with Gasteiger partial charge in [0, 0.05) is 13.1 Å². The van der Waals surface area contributed by atoms with Gasteiger partial charge >= 0.3 is 18.2 Å². The van der Waals surface area contributed by atoms with Gasteiger partial charge < -0.3 is 20.4 Å². The van der Waals surface area contributed by atoms with Crippen molar-refractivity contribution < 1.29 is 33.0 Å². The normalized spacial score (nSPS) is 19.2. The number of hydrogen-bond acceptors (Lipinski definition) is 3. The molecule has 1 aromatic rings. The highest BCUT2D eigenvalue weighted by Gasteiger charge is 2.48. The van der Waals surface area contributed by atoms with E-state index in [0.717, 1.165) is 4.90 Å². The van der Waals surface area contributed by atoms with Crippen molar-refractivity contribution in [2.24, 2.45) is 0 Å². The molecule has 2 unspecified atom stereocenters. The summed E-state index contributed by atoms with van der Waals surface area (Å²) in [7, 11) is 0. The number of hydrogen-bond donors (Lipinski definition) is 3. The molecule has 0 saturated carbocycles. The number of aliphatic hydroxyl groups is 1. The number of halogens is 3. The summed E-state index contributed by atoms with van der Waals surface area (Å²) in [6.45, 7) is 0.186. The second kappa shape index (κ2) is 7.08. The van der Waals surface area contributed by atoms with Crippen LogP contribution in [0.3, 0.4) is 0 Å². The Hall–Kier alpha value is -2.29. The molecule has 0 aliphatic carbocycles. The number of carboxylic acid groups (broad SMARTS) is 1. The van der Waals surface area contributed by atoms with Crippen LogP contribution in [0.1, 0.15) is 28.8 Å². The molecule has 3 N–H and O–H groups in total. The van der Waals surface area contributed by atoms with Crippen molar-refractivity contribution in [2.75, 3.05) is 6.54 Å². The third-order valence-electron chi connectivity index (χ3n) is 3.90. The van der Waals surface area contributed by atoms with E-state index in [2.05, 4.69) is 5.32 Å². The number of nitrogens with one attached hydrogen (secondary N) is 1. The molecule has 6 nitrogen and oxygen atoms in total. The molecule has 2 atom stereocenters. The average Bonchev–Trinajstić information content (AvgIpc) is 3.00. The van der Waals surface area contributed by atoms with Crippen LogP contribution in [0.2, 0.25) is 0 Å². The van der Waals surface area contributed by atoms with Crippen molar-refractivity contribution in [1.82, 2.24) is 10.2 Å². The van der Waals surface area contributed by atoms with E-state index in [4.69, 9.17) is 5.11 Å². The van der Waals surface area contributed by atoms with Crippen LogP contribution in [-0.2, 0) is 6.54 Å². The van der Waals surface area contributed by atoms with E-state index in [-0.39, 0.29) is 25.1 Å². The van der Waals surface area contributed by atoms with Crippen molar-refractivity contribution in [1.29, 1.82) is 0 Å². The molecule has 9 heteroatoms. The maximum atomic E-state index is 12.6. The zero-order valence-electron chi connectivity index (χ0n) is 12.6. The number of urea groups is 1. The van der Waals surface area contributed by atoms with Gasteiger partial charge in [-0.3, -0.25) is 0 Å². The summed E-state index contributed by atoms with van der Waals surface area (Å²) in [5.41, 5.74) is 0.707. The van der Waals surface area contributed by atoms with Crippen molar-refractivity contribution in [3.63, 3.8) is 0 Å². The van der Waals surface area contributed by atoms with Gasteiger partial charge in [0.15, 0.2) is 6.10 Å². The van der Waals surface area contributed by atoms with Crippen molar-refractivity contribution in [3.8, 4) is 0 Å². The zero-order chi connectivity index (χ0) is 17.9. The minimum atomic E-state index is -4.78. The third kappa shape index (κ3) is 4.16. The number of likely N-dealkylation sites (tertiary alicyclic amines) is 1. The quantitative estimate of drug-likeness (QED) is 0.778. The first-order chi connectivity index (χ1) is 11.2. The predicted molar refractivity (Wildman–Crippen MR) is 77.4 cm³/mol. The first kappa shape index (κ1) is 18.1. The number of rotatable bonds is 4. The summed E-state index contributed by atoms with van der Waals surface area (Å²) < 4.78 is 37.9. The van der Waals surface area contributed by atoms with E-state index < -0.39 is 30.3 Å². The molecule has 0 aromatic heterocycles. The molecular weight excluding hydrogens is 329 g/mol. The van der Waals surface area contributed by atoms with Gasteiger partial charge in [0.25, 0.3) is 0 Å². The molecule has 0 radical (unpaired) electrons. The lowest BCUT2D eigenvalue weighted by Crippen LogP contribution is -2.51. The fourth-order valence-electron chi connectivity index (χ4n) is 2.64. The largest absolute Gasteiger partial charge is 0.478 e. The predicted octanol–water partition coefficient (Wildman–Crippen LogP) is 1.98. The van der Waals surface area contributed by atoms with Gasteiger partial charge in [-0.05, 0) is 30.5 Å². The Morgan fingerprint density at radius 2 is 1.92 bits per heavy atom. The Labute approximate surface area is 135 Å². The van der Waals surface area contributed by atoms with Crippen molar-refractivity contribution in [2.45, 2.75) is 37.7 Å². The van der Waals surface area contributed by atoms with Crippen LogP contribution in [0.15, 0.2) is 24.3 Å². The highest BCUT2D eigenvalue weighted by molar-refractivity contribution is 5.87. The third-order valence-corrected chi connectivity index (χ3v) is 3.90. The number of amides is 2. The van der Waals surface area contributed by atoms with Gasteiger partial charge in [-0.1, -0.05) is 12.1 Å². The Bertz CT molecular complexity index is 604. The van der Waals surface area contributed by atoms with E-state index in [1.54, 1.807) is 0 Å². The van der Waals surface area contributed by atoms with Crippen LogP contribution in [0.25, 0.3) is 0 Å². The molecule has 1 fully saturated rings. The molecule has 1 heterocycles. The number of carboxylic acids is 1. The Morgan fingerprint density at radius 3 is 2.46 bits per heavy atom. The zero-order valence-corrected chi connectivity index (χ0v) is 12.6. The Kier molecular flexibility index (Phi) is 5.33. The smallest absolute Gasteiger partial charge is 0.416 e. The Morgan fingerprint density at radius 1 is 1.29 bits per heavy atom. The number of nitrogens with zero attached hydrogens (tertiary/aromatic N) is 1. The van der Waals surface area contributed by atoms with E-state index in [1.807, 2.05) is 0 Å². The van der Waals surface area contributed by atoms with Crippen molar-refractivity contribution >= 4 is 12.0 Å². The molecule has 1 saturated heterocycles. The molecule has 0 spiro atoms. The molecule has 24 heavy (non-hydrogen) atoms. The minimum Gasteiger partial charge on any atom is -0.478 e. The number of carbonyl (C=O) groups excluding carboxylic acids is 1. The monoisotopic (exact) mass is 346 g/mol. The summed E-state index contributed by atoms with van der Waals surface area (Å²) in [6, 6.07) is 3.78. The fraction of sp³-hybridized carbons (Fsp3) is 0.467. The Balaban J connectivity index is 1.95. The standard InChI is InChI=1S/C15H17F3N2O4/c16-15(17,18)12(21)11-2-1-7-20(11)14(24)19-8-9-3-5-10(6-4-9)13(22)23/h3-6,11-12,21H,1-2,7-8H2,(H,19,24)(H,22,23). The first-order valence-corrected chi connectivity index (χ1v) is 7.31. The van der Waals surface area contributed by atoms with Gasteiger partial charge in [0.1, 0.15) is 0 Å². The van der Waals surface area contributed by atoms with Crippen LogP contribution in [0.5, 0.6) is 0 Å². The first-order valence-electron chi connectivity index (χ1n) is 7.31. The maximum Gasteiger partial charge on any atom is 0.416 e. The molecule has 2 amide bonds. The summed E-state index contributed by atoms with van der Waals surface area (Å²) >= 11 is 0. The molecule has 0 bridgehead atoms. The highest BCUT2D eigenvalue weighted by atomic mass is 19.4. The molecule has 2 rings (SSSR count). The number of benzene rings is 1. The second-order valence-corrected chi connectivity index (χ2v) is 5.55.